The number of halogens is 1. The van der Waals surface area contributed by atoms with Crippen molar-refractivity contribution in [2.24, 2.45) is 7.05 Å². The molecule has 1 aromatic heterocycles. The number of piperidine rings is 1. The van der Waals surface area contributed by atoms with Crippen molar-refractivity contribution in [1.82, 2.24) is 19.9 Å². The minimum absolute atomic E-state index is 0.0291. The minimum Gasteiger partial charge on any atom is -0.347 e. The van der Waals surface area contributed by atoms with Gasteiger partial charge < -0.3 is 4.74 Å². The number of aromatic nitrogens is 3. The Balaban J connectivity index is 1.79. The summed E-state index contributed by atoms with van der Waals surface area (Å²) < 4.78 is 8.11. The van der Waals surface area contributed by atoms with E-state index in [9.17, 15) is 5.26 Å². The van der Waals surface area contributed by atoms with Crippen LogP contribution >= 0.6 is 11.6 Å². The average Bonchev–Trinajstić information content (AvgIpc) is 3.19. The van der Waals surface area contributed by atoms with E-state index >= 15 is 0 Å². The van der Waals surface area contributed by atoms with Crippen LogP contribution in [0, 0.1) is 11.3 Å². The van der Waals surface area contributed by atoms with E-state index in [1.54, 1.807) is 4.68 Å². The SMILES string of the molecule is C=CCN1C(C)CC2(CC1c1cn(C)nn1)OC(C#N)c1cc(Cl)ccc12. The molecule has 0 saturated carbocycles. The highest BCUT2D eigenvalue weighted by molar-refractivity contribution is 6.30. The first-order valence-corrected chi connectivity index (χ1v) is 9.45. The summed E-state index contributed by atoms with van der Waals surface area (Å²) in [6.45, 7) is 6.86. The molecule has 0 bridgehead atoms. The molecular weight excluding hydrogens is 362 g/mol. The third-order valence-electron chi connectivity index (χ3n) is 5.66. The third-order valence-corrected chi connectivity index (χ3v) is 5.90. The summed E-state index contributed by atoms with van der Waals surface area (Å²) in [7, 11) is 1.87. The standard InChI is InChI=1S/C20H22ClN5O/c1-4-7-26-13(2)9-20(10-18(26)17-12-25(3)24-23-17)16-6-5-14(21)8-15(16)19(11-22)27-20/h4-6,8,12-13,18-19H,1,7,9-10H2,2-3H3. The number of rotatable bonds is 3. The molecule has 6 nitrogen and oxygen atoms in total. The van der Waals surface area contributed by atoms with Gasteiger partial charge in [-0.2, -0.15) is 5.26 Å². The third kappa shape index (κ3) is 2.96. The van der Waals surface area contributed by atoms with Gasteiger partial charge in [-0.05, 0) is 31.0 Å². The van der Waals surface area contributed by atoms with E-state index in [1.165, 1.54) is 0 Å². The van der Waals surface area contributed by atoms with Crippen molar-refractivity contribution >= 4 is 11.6 Å². The molecule has 27 heavy (non-hydrogen) atoms. The van der Waals surface area contributed by atoms with Crippen molar-refractivity contribution in [3.8, 4) is 6.07 Å². The van der Waals surface area contributed by atoms with Crippen LogP contribution in [0.5, 0.6) is 0 Å². The maximum atomic E-state index is 9.64. The Morgan fingerprint density at radius 1 is 1.48 bits per heavy atom. The van der Waals surface area contributed by atoms with Crippen molar-refractivity contribution in [3.63, 3.8) is 0 Å². The van der Waals surface area contributed by atoms with E-state index < -0.39 is 11.7 Å². The first-order chi connectivity index (χ1) is 13.0. The van der Waals surface area contributed by atoms with Crippen molar-refractivity contribution < 1.29 is 4.74 Å². The summed E-state index contributed by atoms with van der Waals surface area (Å²) in [5.41, 5.74) is 2.33. The average molecular weight is 384 g/mol. The van der Waals surface area contributed by atoms with Crippen LogP contribution in [0.1, 0.15) is 48.7 Å². The topological polar surface area (TPSA) is 67.0 Å². The largest absolute Gasteiger partial charge is 0.347 e. The lowest BCUT2D eigenvalue weighted by Crippen LogP contribution is -2.49. The normalized spacial score (nSPS) is 30.2. The fraction of sp³-hybridized carbons (Fsp3) is 0.450. The predicted octanol–water partition coefficient (Wildman–Crippen LogP) is 3.67. The van der Waals surface area contributed by atoms with Gasteiger partial charge in [-0.25, -0.2) is 0 Å². The van der Waals surface area contributed by atoms with Gasteiger partial charge in [0.2, 0.25) is 0 Å². The molecular formula is C20H22ClN5O. The Bertz CT molecular complexity index is 919. The maximum Gasteiger partial charge on any atom is 0.170 e. The zero-order chi connectivity index (χ0) is 19.2. The molecule has 4 rings (SSSR count). The number of hydrogen-bond donors (Lipinski definition) is 0. The second-order valence-electron chi connectivity index (χ2n) is 7.43. The number of ether oxygens (including phenoxy) is 1. The zero-order valence-corrected chi connectivity index (χ0v) is 16.2. The zero-order valence-electron chi connectivity index (χ0n) is 15.5. The first kappa shape index (κ1) is 18.2. The van der Waals surface area contributed by atoms with Gasteiger partial charge in [-0.1, -0.05) is 29.0 Å². The molecule has 2 aromatic rings. The Labute approximate surface area is 164 Å². The predicted molar refractivity (Wildman–Crippen MR) is 102 cm³/mol. The van der Waals surface area contributed by atoms with Crippen LogP contribution in [0.4, 0.5) is 0 Å². The molecule has 1 spiro atoms. The highest BCUT2D eigenvalue weighted by Gasteiger charge is 2.52. The Hall–Kier alpha value is -2.20. The van der Waals surface area contributed by atoms with Gasteiger partial charge >= 0.3 is 0 Å². The molecule has 2 aliphatic heterocycles. The van der Waals surface area contributed by atoms with Crippen LogP contribution < -0.4 is 0 Å². The summed E-state index contributed by atoms with van der Waals surface area (Å²) in [6, 6.07) is 8.29. The first-order valence-electron chi connectivity index (χ1n) is 9.07. The Morgan fingerprint density at radius 2 is 2.30 bits per heavy atom. The van der Waals surface area contributed by atoms with E-state index in [0.717, 1.165) is 29.8 Å². The molecule has 0 radical (unpaired) electrons. The van der Waals surface area contributed by atoms with Gasteiger partial charge in [0, 0.05) is 42.8 Å². The highest BCUT2D eigenvalue weighted by Crippen LogP contribution is 2.54. The van der Waals surface area contributed by atoms with E-state index in [4.69, 9.17) is 16.3 Å². The Kier molecular flexibility index (Phi) is 4.55. The van der Waals surface area contributed by atoms with Crippen molar-refractivity contribution in [1.29, 1.82) is 5.26 Å². The second-order valence-corrected chi connectivity index (χ2v) is 7.86. The van der Waals surface area contributed by atoms with Crippen LogP contribution in [0.25, 0.3) is 0 Å². The molecule has 0 aliphatic carbocycles. The molecule has 0 N–H and O–H groups in total. The molecule has 1 saturated heterocycles. The molecule has 1 fully saturated rings. The van der Waals surface area contributed by atoms with Crippen LogP contribution in [0.15, 0.2) is 37.1 Å². The maximum absolute atomic E-state index is 9.64. The number of nitriles is 1. The van der Waals surface area contributed by atoms with Gasteiger partial charge in [0.05, 0.1) is 23.4 Å². The van der Waals surface area contributed by atoms with Gasteiger partial charge in [-0.3, -0.25) is 9.58 Å². The molecule has 4 atom stereocenters. The number of fused-ring (bicyclic) bond motifs is 2. The molecule has 3 heterocycles. The Morgan fingerprint density at radius 3 is 2.96 bits per heavy atom. The van der Waals surface area contributed by atoms with Crippen LogP contribution in [-0.2, 0) is 17.4 Å². The number of benzene rings is 1. The van der Waals surface area contributed by atoms with Gasteiger partial charge in [-0.15, -0.1) is 11.7 Å². The molecule has 1 aromatic carbocycles. The van der Waals surface area contributed by atoms with Crippen molar-refractivity contribution in [2.75, 3.05) is 6.54 Å². The van der Waals surface area contributed by atoms with Gasteiger partial charge in [0.25, 0.3) is 0 Å². The molecule has 7 heteroatoms. The van der Waals surface area contributed by atoms with Crippen molar-refractivity contribution in [3.05, 3.63) is 58.9 Å². The lowest BCUT2D eigenvalue weighted by atomic mass is 9.76. The number of nitrogens with zero attached hydrogens (tertiary/aromatic N) is 5. The summed E-state index contributed by atoms with van der Waals surface area (Å²) >= 11 is 6.19. The molecule has 2 aliphatic rings. The van der Waals surface area contributed by atoms with Crippen LogP contribution in [0.3, 0.4) is 0 Å². The van der Waals surface area contributed by atoms with E-state index in [-0.39, 0.29) is 12.1 Å². The number of aryl methyl sites for hydroxylation is 1. The van der Waals surface area contributed by atoms with Crippen molar-refractivity contribution in [2.45, 2.75) is 43.6 Å². The monoisotopic (exact) mass is 383 g/mol. The summed E-state index contributed by atoms with van der Waals surface area (Å²) in [5.74, 6) is 0. The van der Waals surface area contributed by atoms with Gasteiger partial charge in [0.1, 0.15) is 0 Å². The second kappa shape index (κ2) is 6.75. The van der Waals surface area contributed by atoms with Crippen LogP contribution in [0.2, 0.25) is 5.02 Å². The minimum atomic E-state index is -0.598. The smallest absolute Gasteiger partial charge is 0.170 e. The van der Waals surface area contributed by atoms with Crippen LogP contribution in [-0.4, -0.2) is 32.5 Å². The lowest BCUT2D eigenvalue weighted by Gasteiger charge is -2.47. The summed E-state index contributed by atoms with van der Waals surface area (Å²) in [4.78, 5) is 2.38. The fourth-order valence-electron chi connectivity index (χ4n) is 4.59. The van der Waals surface area contributed by atoms with E-state index in [1.807, 2.05) is 37.5 Å². The molecule has 4 unspecified atom stereocenters. The number of likely N-dealkylation sites (tertiary alicyclic amines) is 1. The quantitative estimate of drug-likeness (QED) is 0.756. The number of hydrogen-bond acceptors (Lipinski definition) is 5. The lowest BCUT2D eigenvalue weighted by molar-refractivity contribution is -0.123. The highest BCUT2D eigenvalue weighted by atomic mass is 35.5. The summed E-state index contributed by atoms with van der Waals surface area (Å²) in [6.07, 6.45) is 4.77. The van der Waals surface area contributed by atoms with Gasteiger partial charge in [0.15, 0.2) is 6.10 Å². The van der Waals surface area contributed by atoms with E-state index in [0.29, 0.717) is 11.4 Å². The molecule has 140 valence electrons. The fourth-order valence-corrected chi connectivity index (χ4v) is 4.77. The molecule has 0 amide bonds. The van der Waals surface area contributed by atoms with E-state index in [2.05, 4.69) is 34.8 Å². The summed E-state index contributed by atoms with van der Waals surface area (Å²) in [5, 5.41) is 18.7.